The first-order valence-electron chi connectivity index (χ1n) is 5.54. The zero-order chi connectivity index (χ0) is 12.7. The van der Waals surface area contributed by atoms with Crippen LogP contribution >= 0.6 is 11.6 Å². The van der Waals surface area contributed by atoms with E-state index in [1.807, 2.05) is 13.0 Å². The molecule has 0 heterocycles. The lowest BCUT2D eigenvalue weighted by molar-refractivity contribution is 0.0164. The van der Waals surface area contributed by atoms with Crippen LogP contribution in [0.1, 0.15) is 12.5 Å². The van der Waals surface area contributed by atoms with Crippen molar-refractivity contribution in [2.75, 3.05) is 19.8 Å². The number of halogens is 1. The second-order valence-electron chi connectivity index (χ2n) is 3.59. The predicted octanol–water partition coefficient (Wildman–Crippen LogP) is 1.57. The first-order chi connectivity index (χ1) is 8.17. The van der Waals surface area contributed by atoms with Crippen LogP contribution in [0.4, 0.5) is 0 Å². The number of ether oxygens (including phenoxy) is 2. The monoisotopic (exact) mass is 259 g/mol. The Morgan fingerprint density at radius 3 is 2.76 bits per heavy atom. The minimum absolute atomic E-state index is 0.154. The lowest BCUT2D eigenvalue weighted by Crippen LogP contribution is -2.23. The van der Waals surface area contributed by atoms with E-state index in [1.165, 1.54) is 0 Å². The maximum Gasteiger partial charge on any atom is 0.138 e. The molecule has 0 aromatic heterocycles. The molecular formula is C12H18ClNO3. The minimum Gasteiger partial charge on any atom is -0.489 e. The third kappa shape index (κ3) is 4.91. The number of nitrogens with two attached hydrogens (primary N) is 1. The molecule has 17 heavy (non-hydrogen) atoms. The second kappa shape index (κ2) is 7.50. The smallest absolute Gasteiger partial charge is 0.138 e. The van der Waals surface area contributed by atoms with Crippen LogP contribution in [0.5, 0.6) is 5.75 Å². The van der Waals surface area contributed by atoms with Crippen molar-refractivity contribution >= 4 is 11.6 Å². The van der Waals surface area contributed by atoms with Gasteiger partial charge in [-0.1, -0.05) is 17.7 Å². The van der Waals surface area contributed by atoms with Crippen molar-refractivity contribution < 1.29 is 14.6 Å². The molecule has 0 aliphatic carbocycles. The van der Waals surface area contributed by atoms with Crippen LogP contribution in [0.3, 0.4) is 0 Å². The van der Waals surface area contributed by atoms with Gasteiger partial charge in [0, 0.05) is 13.2 Å². The van der Waals surface area contributed by atoms with E-state index in [2.05, 4.69) is 0 Å². The van der Waals surface area contributed by atoms with Crippen LogP contribution in [-0.4, -0.2) is 31.0 Å². The Hall–Kier alpha value is -0.810. The molecule has 0 spiro atoms. The Morgan fingerprint density at radius 2 is 2.18 bits per heavy atom. The standard InChI is InChI=1S/C12H18ClNO3/c1-2-16-7-10(15)8-17-12-4-3-9(6-14)5-11(12)13/h3-5,10,15H,2,6-8,14H2,1H3. The number of aliphatic hydroxyl groups excluding tert-OH is 1. The molecule has 0 aliphatic heterocycles. The average molecular weight is 260 g/mol. The lowest BCUT2D eigenvalue weighted by atomic mass is 10.2. The van der Waals surface area contributed by atoms with Crippen LogP contribution in [0.25, 0.3) is 0 Å². The topological polar surface area (TPSA) is 64.7 Å². The Morgan fingerprint density at radius 1 is 1.41 bits per heavy atom. The van der Waals surface area contributed by atoms with E-state index in [0.29, 0.717) is 23.9 Å². The van der Waals surface area contributed by atoms with Gasteiger partial charge in [-0.2, -0.15) is 0 Å². The van der Waals surface area contributed by atoms with Gasteiger partial charge in [-0.25, -0.2) is 0 Å². The minimum atomic E-state index is -0.653. The van der Waals surface area contributed by atoms with Gasteiger partial charge >= 0.3 is 0 Å². The fourth-order valence-electron chi connectivity index (χ4n) is 1.28. The van der Waals surface area contributed by atoms with Crippen LogP contribution in [0, 0.1) is 0 Å². The summed E-state index contributed by atoms with van der Waals surface area (Å²) in [6.07, 6.45) is -0.653. The fourth-order valence-corrected chi connectivity index (χ4v) is 1.53. The molecule has 0 bridgehead atoms. The van der Waals surface area contributed by atoms with Gasteiger partial charge in [-0.05, 0) is 24.6 Å². The normalized spacial score (nSPS) is 12.5. The van der Waals surface area contributed by atoms with Crippen molar-refractivity contribution in [2.24, 2.45) is 5.73 Å². The quantitative estimate of drug-likeness (QED) is 0.780. The van der Waals surface area contributed by atoms with Crippen LogP contribution in [-0.2, 0) is 11.3 Å². The summed E-state index contributed by atoms with van der Waals surface area (Å²) in [5.41, 5.74) is 6.43. The van der Waals surface area contributed by atoms with E-state index < -0.39 is 6.10 Å². The zero-order valence-corrected chi connectivity index (χ0v) is 10.6. The third-order valence-corrected chi connectivity index (χ3v) is 2.47. The summed E-state index contributed by atoms with van der Waals surface area (Å²) < 4.78 is 10.5. The van der Waals surface area contributed by atoms with E-state index in [0.717, 1.165) is 5.56 Å². The molecule has 1 unspecified atom stereocenters. The highest BCUT2D eigenvalue weighted by molar-refractivity contribution is 6.32. The largest absolute Gasteiger partial charge is 0.489 e. The van der Waals surface area contributed by atoms with Gasteiger partial charge in [0.25, 0.3) is 0 Å². The molecule has 0 saturated heterocycles. The molecule has 1 aromatic rings. The van der Waals surface area contributed by atoms with Gasteiger partial charge in [0.2, 0.25) is 0 Å². The Labute approximate surface area is 106 Å². The van der Waals surface area contributed by atoms with Gasteiger partial charge in [-0.15, -0.1) is 0 Å². The summed E-state index contributed by atoms with van der Waals surface area (Å²) in [5.74, 6) is 0.541. The molecule has 1 aromatic carbocycles. The molecule has 96 valence electrons. The maximum absolute atomic E-state index is 9.52. The highest BCUT2D eigenvalue weighted by atomic mass is 35.5. The summed E-state index contributed by atoms with van der Waals surface area (Å²) in [5, 5.41) is 10.0. The molecular weight excluding hydrogens is 242 g/mol. The summed E-state index contributed by atoms with van der Waals surface area (Å²) >= 11 is 6.00. The van der Waals surface area contributed by atoms with E-state index in [-0.39, 0.29) is 13.2 Å². The summed E-state index contributed by atoms with van der Waals surface area (Å²) in [6, 6.07) is 5.35. The van der Waals surface area contributed by atoms with Crippen LogP contribution in [0.15, 0.2) is 18.2 Å². The van der Waals surface area contributed by atoms with Crippen molar-refractivity contribution in [3.05, 3.63) is 28.8 Å². The summed E-state index contributed by atoms with van der Waals surface area (Å²) in [7, 11) is 0. The van der Waals surface area contributed by atoms with Gasteiger partial charge in [0.05, 0.1) is 11.6 Å². The zero-order valence-electron chi connectivity index (χ0n) is 9.86. The Bertz CT molecular complexity index is 347. The number of hydrogen-bond acceptors (Lipinski definition) is 4. The van der Waals surface area contributed by atoms with Crippen LogP contribution in [0.2, 0.25) is 5.02 Å². The van der Waals surface area contributed by atoms with E-state index >= 15 is 0 Å². The molecule has 1 atom stereocenters. The third-order valence-electron chi connectivity index (χ3n) is 2.18. The number of hydrogen-bond donors (Lipinski definition) is 2. The van der Waals surface area contributed by atoms with Crippen molar-refractivity contribution in [3.8, 4) is 5.75 Å². The molecule has 4 nitrogen and oxygen atoms in total. The van der Waals surface area contributed by atoms with Crippen molar-refractivity contribution in [1.82, 2.24) is 0 Å². The van der Waals surface area contributed by atoms with Crippen LogP contribution < -0.4 is 10.5 Å². The van der Waals surface area contributed by atoms with Gasteiger partial charge in [0.15, 0.2) is 0 Å². The molecule has 3 N–H and O–H groups in total. The molecule has 0 aliphatic rings. The highest BCUT2D eigenvalue weighted by Crippen LogP contribution is 2.25. The summed E-state index contributed by atoms with van der Waals surface area (Å²) in [6.45, 7) is 3.29. The number of benzene rings is 1. The van der Waals surface area contributed by atoms with Gasteiger partial charge in [-0.3, -0.25) is 0 Å². The average Bonchev–Trinajstić information content (AvgIpc) is 2.34. The van der Waals surface area contributed by atoms with E-state index in [4.69, 9.17) is 26.8 Å². The SMILES string of the molecule is CCOCC(O)COc1ccc(CN)cc1Cl. The predicted molar refractivity (Wildman–Crippen MR) is 67.3 cm³/mol. The Kier molecular flexibility index (Phi) is 6.29. The molecule has 1 rings (SSSR count). The van der Waals surface area contributed by atoms with Gasteiger partial charge in [0.1, 0.15) is 18.5 Å². The van der Waals surface area contributed by atoms with Crippen molar-refractivity contribution in [3.63, 3.8) is 0 Å². The Balaban J connectivity index is 2.46. The van der Waals surface area contributed by atoms with E-state index in [1.54, 1.807) is 12.1 Å². The van der Waals surface area contributed by atoms with Crippen molar-refractivity contribution in [2.45, 2.75) is 19.6 Å². The first kappa shape index (κ1) is 14.3. The molecule has 0 radical (unpaired) electrons. The highest BCUT2D eigenvalue weighted by Gasteiger charge is 2.07. The first-order valence-corrected chi connectivity index (χ1v) is 5.92. The fraction of sp³-hybridized carbons (Fsp3) is 0.500. The lowest BCUT2D eigenvalue weighted by Gasteiger charge is -2.13. The molecule has 5 heteroatoms. The number of rotatable bonds is 7. The van der Waals surface area contributed by atoms with Gasteiger partial charge < -0.3 is 20.3 Å². The van der Waals surface area contributed by atoms with E-state index in [9.17, 15) is 5.11 Å². The maximum atomic E-state index is 9.52. The molecule has 0 fully saturated rings. The second-order valence-corrected chi connectivity index (χ2v) is 4.00. The number of aliphatic hydroxyl groups is 1. The molecule has 0 saturated carbocycles. The molecule has 0 amide bonds. The van der Waals surface area contributed by atoms with Crippen molar-refractivity contribution in [1.29, 1.82) is 0 Å². The summed E-state index contributed by atoms with van der Waals surface area (Å²) in [4.78, 5) is 0.